The third-order valence-electron chi connectivity index (χ3n) is 6.05. The highest BCUT2D eigenvalue weighted by atomic mass is 35.5. The van der Waals surface area contributed by atoms with Gasteiger partial charge >= 0.3 is 6.09 Å². The molecule has 0 aromatic heterocycles. The molecule has 2 fully saturated rings. The fourth-order valence-electron chi connectivity index (χ4n) is 4.34. The minimum atomic E-state index is -1.08. The summed E-state index contributed by atoms with van der Waals surface area (Å²) in [6, 6.07) is 5.42. The van der Waals surface area contributed by atoms with Crippen molar-refractivity contribution in [2.24, 2.45) is 11.8 Å². The number of carbonyl (C=O) groups excluding carboxylic acids is 1. The van der Waals surface area contributed by atoms with Gasteiger partial charge in [0, 0.05) is 37.4 Å². The first-order chi connectivity index (χ1) is 13.2. The number of amides is 2. The Labute approximate surface area is 174 Å². The van der Waals surface area contributed by atoms with E-state index < -0.39 is 11.7 Å². The molecule has 1 aliphatic heterocycles. The number of carbonyl (C=O) groups is 2. The van der Waals surface area contributed by atoms with Crippen molar-refractivity contribution < 1.29 is 19.8 Å². The van der Waals surface area contributed by atoms with Gasteiger partial charge in [0.2, 0.25) is 5.91 Å². The second-order valence-corrected chi connectivity index (χ2v) is 9.06. The molecule has 28 heavy (non-hydrogen) atoms. The number of likely N-dealkylation sites (tertiary alicyclic amines) is 1. The number of nitrogens with one attached hydrogen (secondary N) is 1. The third kappa shape index (κ3) is 4.91. The summed E-state index contributed by atoms with van der Waals surface area (Å²) >= 11 is 12.2. The predicted octanol–water partition coefficient (Wildman–Crippen LogP) is 3.74. The zero-order valence-electron chi connectivity index (χ0n) is 15.8. The van der Waals surface area contributed by atoms with Crippen LogP contribution in [0.1, 0.15) is 44.1 Å². The van der Waals surface area contributed by atoms with Crippen molar-refractivity contribution in [2.75, 3.05) is 19.6 Å². The van der Waals surface area contributed by atoms with Crippen LogP contribution in [0.4, 0.5) is 4.79 Å². The maximum Gasteiger partial charge on any atom is 0.404 e. The average Bonchev–Trinajstić information content (AvgIpc) is 3.06. The van der Waals surface area contributed by atoms with Gasteiger partial charge in [-0.25, -0.2) is 4.79 Å². The SMILES string of the molecule is C[C@]1(O)CC[C@H](C(=O)N2C[C@@H](CNC(=O)O)[C@@H](c3ccc(Cl)c(Cl)c3)C2)CC1. The summed E-state index contributed by atoms with van der Waals surface area (Å²) < 4.78 is 0. The summed E-state index contributed by atoms with van der Waals surface area (Å²) in [6.45, 7) is 3.10. The Morgan fingerprint density at radius 1 is 1.21 bits per heavy atom. The predicted molar refractivity (Wildman–Crippen MR) is 108 cm³/mol. The number of benzene rings is 1. The Balaban J connectivity index is 1.74. The lowest BCUT2D eigenvalue weighted by Gasteiger charge is -2.34. The highest BCUT2D eigenvalue weighted by Gasteiger charge is 2.40. The number of aliphatic hydroxyl groups is 1. The van der Waals surface area contributed by atoms with Crippen molar-refractivity contribution in [3.05, 3.63) is 33.8 Å². The molecule has 3 rings (SSSR count). The molecule has 1 aromatic carbocycles. The van der Waals surface area contributed by atoms with E-state index in [1.165, 1.54) is 0 Å². The smallest absolute Gasteiger partial charge is 0.404 e. The van der Waals surface area contributed by atoms with Crippen molar-refractivity contribution in [2.45, 2.75) is 44.1 Å². The zero-order valence-corrected chi connectivity index (χ0v) is 17.3. The van der Waals surface area contributed by atoms with Crippen molar-refractivity contribution in [3.8, 4) is 0 Å². The van der Waals surface area contributed by atoms with Gasteiger partial charge in [0.25, 0.3) is 0 Å². The molecular weight excluding hydrogens is 403 g/mol. The Kier molecular flexibility index (Phi) is 6.42. The summed E-state index contributed by atoms with van der Waals surface area (Å²) in [4.78, 5) is 25.9. The first-order valence-corrected chi connectivity index (χ1v) is 10.3. The van der Waals surface area contributed by atoms with Gasteiger partial charge in [0.1, 0.15) is 0 Å². The standard InChI is InChI=1S/C20H26Cl2N2O4/c1-20(28)6-4-12(5-7-20)18(25)24-10-14(9-23-19(26)27)15(11-24)13-2-3-16(21)17(22)8-13/h2-3,8,12,14-15,23,28H,4-7,9-11H2,1H3,(H,26,27)/t12-,14-,15-,20-/m1/s1. The quantitative estimate of drug-likeness (QED) is 0.680. The first kappa shape index (κ1) is 21.2. The van der Waals surface area contributed by atoms with Gasteiger partial charge < -0.3 is 20.4 Å². The lowest BCUT2D eigenvalue weighted by Crippen LogP contribution is -2.40. The normalized spacial score (nSPS) is 30.3. The monoisotopic (exact) mass is 428 g/mol. The van der Waals surface area contributed by atoms with Crippen LogP contribution in [0, 0.1) is 11.8 Å². The van der Waals surface area contributed by atoms with Crippen LogP contribution in [-0.4, -0.2) is 52.3 Å². The minimum Gasteiger partial charge on any atom is -0.465 e. The number of hydrogen-bond donors (Lipinski definition) is 3. The largest absolute Gasteiger partial charge is 0.465 e. The van der Waals surface area contributed by atoms with Crippen LogP contribution in [0.15, 0.2) is 18.2 Å². The van der Waals surface area contributed by atoms with Gasteiger partial charge in [0.05, 0.1) is 15.6 Å². The van der Waals surface area contributed by atoms with Crippen LogP contribution < -0.4 is 5.32 Å². The second-order valence-electron chi connectivity index (χ2n) is 8.24. The second kappa shape index (κ2) is 8.47. The van der Waals surface area contributed by atoms with Gasteiger partial charge in [-0.3, -0.25) is 4.79 Å². The summed E-state index contributed by atoms with van der Waals surface area (Å²) in [5.41, 5.74) is 0.270. The molecule has 2 aliphatic rings. The number of carboxylic acid groups (broad SMARTS) is 1. The highest BCUT2D eigenvalue weighted by molar-refractivity contribution is 6.42. The van der Waals surface area contributed by atoms with E-state index in [0.29, 0.717) is 48.8 Å². The topological polar surface area (TPSA) is 89.9 Å². The molecule has 0 radical (unpaired) electrons. The Bertz CT molecular complexity index is 746. The Morgan fingerprint density at radius 2 is 1.89 bits per heavy atom. The van der Waals surface area contributed by atoms with Crippen LogP contribution in [-0.2, 0) is 4.79 Å². The van der Waals surface area contributed by atoms with Crippen molar-refractivity contribution in [1.82, 2.24) is 10.2 Å². The van der Waals surface area contributed by atoms with Crippen molar-refractivity contribution in [1.29, 1.82) is 0 Å². The number of nitrogens with zero attached hydrogens (tertiary/aromatic N) is 1. The molecule has 3 N–H and O–H groups in total. The molecule has 1 aromatic rings. The molecule has 0 unspecified atom stereocenters. The Morgan fingerprint density at radius 3 is 2.50 bits per heavy atom. The zero-order chi connectivity index (χ0) is 20.5. The van der Waals surface area contributed by atoms with E-state index in [-0.39, 0.29) is 30.2 Å². The van der Waals surface area contributed by atoms with Gasteiger partial charge in [-0.2, -0.15) is 0 Å². The van der Waals surface area contributed by atoms with Crippen molar-refractivity contribution in [3.63, 3.8) is 0 Å². The van der Waals surface area contributed by atoms with Crippen LogP contribution >= 0.6 is 23.2 Å². The molecule has 1 saturated heterocycles. The Hall–Kier alpha value is -1.50. The summed E-state index contributed by atoms with van der Waals surface area (Å²) in [5, 5.41) is 22.5. The summed E-state index contributed by atoms with van der Waals surface area (Å²) in [6.07, 6.45) is 1.53. The molecule has 0 spiro atoms. The number of rotatable bonds is 4. The molecule has 6 nitrogen and oxygen atoms in total. The fourth-order valence-corrected chi connectivity index (χ4v) is 4.65. The van der Waals surface area contributed by atoms with Crippen molar-refractivity contribution >= 4 is 35.2 Å². The van der Waals surface area contributed by atoms with E-state index in [0.717, 1.165) is 5.56 Å². The molecule has 2 atom stereocenters. The summed E-state index contributed by atoms with van der Waals surface area (Å²) in [5.74, 6) is -0.0412. The van der Waals surface area contributed by atoms with E-state index in [1.54, 1.807) is 12.1 Å². The maximum atomic E-state index is 13.1. The minimum absolute atomic E-state index is 0.0164. The van der Waals surface area contributed by atoms with E-state index in [1.807, 2.05) is 17.9 Å². The molecule has 1 saturated carbocycles. The fraction of sp³-hybridized carbons (Fsp3) is 0.600. The summed E-state index contributed by atoms with van der Waals surface area (Å²) in [7, 11) is 0. The average molecular weight is 429 g/mol. The van der Waals surface area contributed by atoms with Gasteiger partial charge in [0.15, 0.2) is 0 Å². The molecule has 2 amide bonds. The molecular formula is C20H26Cl2N2O4. The van der Waals surface area contributed by atoms with Gasteiger partial charge in [-0.05, 0) is 50.3 Å². The molecule has 0 bridgehead atoms. The maximum absolute atomic E-state index is 13.1. The first-order valence-electron chi connectivity index (χ1n) is 9.59. The molecule has 154 valence electrons. The van der Waals surface area contributed by atoms with E-state index in [4.69, 9.17) is 28.3 Å². The number of halogens is 2. The van der Waals surface area contributed by atoms with Gasteiger partial charge in [-0.15, -0.1) is 0 Å². The van der Waals surface area contributed by atoms with Gasteiger partial charge in [-0.1, -0.05) is 29.3 Å². The van der Waals surface area contributed by atoms with E-state index in [2.05, 4.69) is 5.32 Å². The molecule has 8 heteroatoms. The van der Waals surface area contributed by atoms with Crippen LogP contribution in [0.25, 0.3) is 0 Å². The van der Waals surface area contributed by atoms with E-state index in [9.17, 15) is 14.7 Å². The highest BCUT2D eigenvalue weighted by Crippen LogP contribution is 2.38. The lowest BCUT2D eigenvalue weighted by atomic mass is 9.79. The molecule has 1 aliphatic carbocycles. The lowest BCUT2D eigenvalue weighted by molar-refractivity contribution is -0.137. The van der Waals surface area contributed by atoms with Crippen LogP contribution in [0.3, 0.4) is 0 Å². The molecule has 1 heterocycles. The van der Waals surface area contributed by atoms with Crippen LogP contribution in [0.5, 0.6) is 0 Å². The number of hydrogen-bond acceptors (Lipinski definition) is 3. The van der Waals surface area contributed by atoms with E-state index >= 15 is 0 Å². The van der Waals surface area contributed by atoms with Crippen LogP contribution in [0.2, 0.25) is 10.0 Å². The third-order valence-corrected chi connectivity index (χ3v) is 6.79.